The second kappa shape index (κ2) is 3.68. The SMILES string of the molecule is Cc1cc(C)[nH]c(=S)n1.[Cl-]. The maximum absolute atomic E-state index is 4.82. The van der Waals surface area contributed by atoms with Gasteiger partial charge in [-0.1, -0.05) is 0 Å². The number of nitrogens with one attached hydrogen (secondary N) is 1. The smallest absolute Gasteiger partial charge is 0.197 e. The molecule has 4 heteroatoms. The normalized spacial score (nSPS) is 8.60. The van der Waals surface area contributed by atoms with Crippen LogP contribution in [0.1, 0.15) is 11.4 Å². The van der Waals surface area contributed by atoms with Crippen LogP contribution >= 0.6 is 12.2 Å². The molecule has 0 fully saturated rings. The lowest BCUT2D eigenvalue weighted by Gasteiger charge is -1.92. The Morgan fingerprint density at radius 1 is 1.50 bits per heavy atom. The number of hydrogen-bond acceptors (Lipinski definition) is 2. The summed E-state index contributed by atoms with van der Waals surface area (Å²) in [6, 6.07) is 1.95. The minimum absolute atomic E-state index is 0. The van der Waals surface area contributed by atoms with Crippen LogP contribution in [0.25, 0.3) is 0 Å². The number of halogens is 1. The molecule has 0 saturated carbocycles. The first-order valence-corrected chi connectivity index (χ1v) is 3.14. The van der Waals surface area contributed by atoms with E-state index in [-0.39, 0.29) is 12.4 Å². The highest BCUT2D eigenvalue weighted by Crippen LogP contribution is 1.93. The van der Waals surface area contributed by atoms with Gasteiger partial charge in [0.25, 0.3) is 0 Å². The summed E-state index contributed by atoms with van der Waals surface area (Å²) in [5.74, 6) is 0. The molecule has 0 aromatic carbocycles. The van der Waals surface area contributed by atoms with E-state index in [0.717, 1.165) is 11.4 Å². The Hall–Kier alpha value is -0.410. The van der Waals surface area contributed by atoms with Crippen molar-refractivity contribution in [2.45, 2.75) is 13.8 Å². The molecule has 0 aliphatic rings. The van der Waals surface area contributed by atoms with Crippen molar-refractivity contribution < 1.29 is 12.4 Å². The average Bonchev–Trinajstić information content (AvgIpc) is 1.59. The van der Waals surface area contributed by atoms with Crippen LogP contribution in [-0.4, -0.2) is 9.97 Å². The molecule has 2 nitrogen and oxygen atoms in total. The van der Waals surface area contributed by atoms with Crippen LogP contribution in [0.4, 0.5) is 0 Å². The van der Waals surface area contributed by atoms with Crippen LogP contribution in [0.3, 0.4) is 0 Å². The lowest BCUT2D eigenvalue weighted by atomic mass is 10.4. The molecule has 10 heavy (non-hydrogen) atoms. The van der Waals surface area contributed by atoms with Gasteiger partial charge >= 0.3 is 0 Å². The number of rotatable bonds is 0. The first-order valence-electron chi connectivity index (χ1n) is 2.73. The maximum Gasteiger partial charge on any atom is 0.197 e. The van der Waals surface area contributed by atoms with Gasteiger partial charge in [0.2, 0.25) is 0 Å². The van der Waals surface area contributed by atoms with Crippen molar-refractivity contribution in [2.75, 3.05) is 0 Å². The summed E-state index contributed by atoms with van der Waals surface area (Å²) in [4.78, 5) is 6.91. The summed E-state index contributed by atoms with van der Waals surface area (Å²) in [6.07, 6.45) is 0. The predicted octanol–water partition coefficient (Wildman–Crippen LogP) is -1.24. The van der Waals surface area contributed by atoms with Crippen molar-refractivity contribution in [1.29, 1.82) is 0 Å². The maximum atomic E-state index is 4.82. The van der Waals surface area contributed by atoms with E-state index >= 15 is 0 Å². The van der Waals surface area contributed by atoms with Crippen molar-refractivity contribution >= 4 is 12.2 Å². The molecule has 0 saturated heterocycles. The Kier molecular flexibility index (Phi) is 3.53. The predicted molar refractivity (Wildman–Crippen MR) is 38.9 cm³/mol. The molecule has 1 aromatic rings. The number of hydrogen-bond donors (Lipinski definition) is 1. The number of aromatic amines is 1. The largest absolute Gasteiger partial charge is 1.00 e. The van der Waals surface area contributed by atoms with Crippen molar-refractivity contribution in [3.63, 3.8) is 0 Å². The Morgan fingerprint density at radius 3 is 2.50 bits per heavy atom. The van der Waals surface area contributed by atoms with E-state index < -0.39 is 0 Å². The third-order valence-corrected chi connectivity index (χ3v) is 1.20. The van der Waals surface area contributed by atoms with Crippen molar-refractivity contribution in [2.24, 2.45) is 0 Å². The zero-order valence-electron chi connectivity index (χ0n) is 5.81. The van der Waals surface area contributed by atoms with Gasteiger partial charge in [-0.05, 0) is 32.1 Å². The van der Waals surface area contributed by atoms with Gasteiger partial charge in [-0.2, -0.15) is 0 Å². The van der Waals surface area contributed by atoms with E-state index in [4.69, 9.17) is 12.2 Å². The summed E-state index contributed by atoms with van der Waals surface area (Å²) in [7, 11) is 0. The third kappa shape index (κ3) is 2.45. The zero-order valence-corrected chi connectivity index (χ0v) is 7.38. The molecule has 1 heterocycles. The molecule has 0 radical (unpaired) electrons. The van der Waals surface area contributed by atoms with Crippen LogP contribution in [0, 0.1) is 18.6 Å². The first kappa shape index (κ1) is 9.59. The van der Waals surface area contributed by atoms with Crippen LogP contribution in [0.2, 0.25) is 0 Å². The summed E-state index contributed by atoms with van der Waals surface area (Å²) < 4.78 is 0.563. The van der Waals surface area contributed by atoms with Crippen LogP contribution < -0.4 is 12.4 Å². The molecular weight excluding hydrogens is 168 g/mol. The Labute approximate surface area is 71.1 Å². The van der Waals surface area contributed by atoms with E-state index in [2.05, 4.69) is 9.97 Å². The van der Waals surface area contributed by atoms with E-state index in [9.17, 15) is 0 Å². The zero-order chi connectivity index (χ0) is 6.85. The van der Waals surface area contributed by atoms with E-state index in [1.807, 2.05) is 19.9 Å². The fraction of sp³-hybridized carbons (Fsp3) is 0.333. The van der Waals surface area contributed by atoms with E-state index in [0.29, 0.717) is 4.77 Å². The highest BCUT2D eigenvalue weighted by molar-refractivity contribution is 7.71. The van der Waals surface area contributed by atoms with Gasteiger partial charge in [0.1, 0.15) is 0 Å². The van der Waals surface area contributed by atoms with Gasteiger partial charge in [0.05, 0.1) is 0 Å². The molecule has 0 unspecified atom stereocenters. The highest BCUT2D eigenvalue weighted by atomic mass is 35.5. The highest BCUT2D eigenvalue weighted by Gasteiger charge is 1.85. The summed E-state index contributed by atoms with van der Waals surface area (Å²) in [5, 5.41) is 0. The quantitative estimate of drug-likeness (QED) is 0.500. The van der Waals surface area contributed by atoms with Crippen molar-refractivity contribution in [3.8, 4) is 0 Å². The number of aryl methyl sites for hydroxylation is 2. The topological polar surface area (TPSA) is 28.7 Å². The standard InChI is InChI=1S/C6H8N2S.ClH/c1-4-3-5(2)8-6(9)7-4;/h3H,1-2H3,(H,7,8,9);1H/p-1. The third-order valence-electron chi connectivity index (χ3n) is 1.01. The summed E-state index contributed by atoms with van der Waals surface area (Å²) >= 11 is 4.82. The lowest BCUT2D eigenvalue weighted by molar-refractivity contribution is -0.00000216. The monoisotopic (exact) mass is 175 g/mol. The molecule has 0 bridgehead atoms. The minimum Gasteiger partial charge on any atom is -1.00 e. The van der Waals surface area contributed by atoms with Gasteiger partial charge in [-0.15, -0.1) is 0 Å². The van der Waals surface area contributed by atoms with E-state index in [1.54, 1.807) is 0 Å². The molecule has 0 aliphatic heterocycles. The molecule has 1 rings (SSSR count). The van der Waals surface area contributed by atoms with Gasteiger partial charge in [0.15, 0.2) is 4.77 Å². The molecule has 0 amide bonds. The number of aromatic nitrogens is 2. The summed E-state index contributed by atoms with van der Waals surface area (Å²) in [5.41, 5.74) is 2.03. The molecule has 0 aliphatic carbocycles. The molecule has 0 spiro atoms. The van der Waals surface area contributed by atoms with Crippen LogP contribution in [-0.2, 0) is 0 Å². The van der Waals surface area contributed by atoms with Gasteiger partial charge in [0, 0.05) is 11.4 Å². The van der Waals surface area contributed by atoms with Crippen molar-refractivity contribution in [1.82, 2.24) is 9.97 Å². The average molecular weight is 176 g/mol. The van der Waals surface area contributed by atoms with Crippen LogP contribution in [0.15, 0.2) is 6.07 Å². The van der Waals surface area contributed by atoms with Crippen molar-refractivity contribution in [3.05, 3.63) is 22.2 Å². The van der Waals surface area contributed by atoms with Gasteiger partial charge < -0.3 is 17.4 Å². The fourth-order valence-corrected chi connectivity index (χ4v) is 1.04. The van der Waals surface area contributed by atoms with Gasteiger partial charge in [-0.3, -0.25) is 0 Å². The molecule has 0 atom stereocenters. The number of H-pyrrole nitrogens is 1. The van der Waals surface area contributed by atoms with Crippen LogP contribution in [0.5, 0.6) is 0 Å². The molecule has 1 aromatic heterocycles. The molecule has 1 N–H and O–H groups in total. The fourth-order valence-electron chi connectivity index (χ4n) is 0.738. The Bertz CT molecular complexity index is 245. The second-order valence-electron chi connectivity index (χ2n) is 2.01. The first-order chi connectivity index (χ1) is 4.18. The Morgan fingerprint density at radius 2 is 2.10 bits per heavy atom. The minimum atomic E-state index is 0. The number of nitrogens with zero attached hydrogens (tertiary/aromatic N) is 1. The lowest BCUT2D eigenvalue weighted by Crippen LogP contribution is -3.00. The molecule has 56 valence electrons. The second-order valence-corrected chi connectivity index (χ2v) is 2.40. The molecular formula is C6H8ClN2S-. The summed E-state index contributed by atoms with van der Waals surface area (Å²) in [6.45, 7) is 3.89. The van der Waals surface area contributed by atoms with Gasteiger partial charge in [-0.25, -0.2) is 4.98 Å². The van der Waals surface area contributed by atoms with E-state index in [1.165, 1.54) is 0 Å². The Balaban J connectivity index is 0.000000810.